The fraction of sp³-hybridized carbons (Fsp3) is 1.00. The van der Waals surface area contributed by atoms with Crippen LogP contribution in [0.5, 0.6) is 0 Å². The molecule has 3 nitrogen and oxygen atoms in total. The minimum Gasteiger partial charge on any atom is -0.396 e. The van der Waals surface area contributed by atoms with Crippen LogP contribution in [0.4, 0.5) is 0 Å². The summed E-state index contributed by atoms with van der Waals surface area (Å²) in [6, 6.07) is 0. The fourth-order valence-corrected chi connectivity index (χ4v) is 2.95. The van der Waals surface area contributed by atoms with Gasteiger partial charge in [0.1, 0.15) is 0 Å². The van der Waals surface area contributed by atoms with Gasteiger partial charge in [-0.25, -0.2) is 0 Å². The number of aliphatic hydroxyl groups excluding tert-OH is 1. The summed E-state index contributed by atoms with van der Waals surface area (Å²) in [7, 11) is 0. The largest absolute Gasteiger partial charge is 0.396 e. The second-order valence-corrected chi connectivity index (χ2v) is 4.42. The highest BCUT2D eigenvalue weighted by atomic mass is 16.5. The van der Waals surface area contributed by atoms with Crippen LogP contribution in [0.3, 0.4) is 0 Å². The Balaban J connectivity index is 1.98. The minimum absolute atomic E-state index is 0.307. The molecule has 0 spiro atoms. The van der Waals surface area contributed by atoms with Gasteiger partial charge in [-0.05, 0) is 25.7 Å². The van der Waals surface area contributed by atoms with Gasteiger partial charge in [0.05, 0.1) is 12.7 Å². The van der Waals surface area contributed by atoms with Crippen LogP contribution < -0.4 is 0 Å². The molecule has 82 valence electrons. The van der Waals surface area contributed by atoms with E-state index in [-0.39, 0.29) is 0 Å². The first-order chi connectivity index (χ1) is 6.83. The van der Waals surface area contributed by atoms with E-state index in [0.717, 1.165) is 26.1 Å². The van der Waals surface area contributed by atoms with Crippen LogP contribution in [-0.2, 0) is 4.74 Å². The number of hydrogen-bond acceptors (Lipinski definition) is 3. The molecule has 0 aromatic rings. The number of morpholine rings is 1. The zero-order valence-electron chi connectivity index (χ0n) is 9.04. The first-order valence-electron chi connectivity index (χ1n) is 5.81. The molecular formula is C11H21NO2. The van der Waals surface area contributed by atoms with Crippen molar-refractivity contribution < 1.29 is 9.84 Å². The highest BCUT2D eigenvalue weighted by Crippen LogP contribution is 2.44. The van der Waals surface area contributed by atoms with Crippen molar-refractivity contribution in [2.24, 2.45) is 0 Å². The second kappa shape index (κ2) is 4.17. The van der Waals surface area contributed by atoms with Gasteiger partial charge in [-0.15, -0.1) is 0 Å². The molecule has 1 aliphatic heterocycles. The van der Waals surface area contributed by atoms with Gasteiger partial charge in [0.2, 0.25) is 0 Å². The summed E-state index contributed by atoms with van der Waals surface area (Å²) in [5.41, 5.74) is 0.327. The summed E-state index contributed by atoms with van der Waals surface area (Å²) in [4.78, 5) is 2.54. The molecule has 14 heavy (non-hydrogen) atoms. The Bertz CT molecular complexity index is 194. The van der Waals surface area contributed by atoms with E-state index in [9.17, 15) is 0 Å². The first kappa shape index (κ1) is 10.4. The van der Waals surface area contributed by atoms with Gasteiger partial charge in [0.25, 0.3) is 0 Å². The van der Waals surface area contributed by atoms with E-state index in [1.54, 1.807) is 0 Å². The van der Waals surface area contributed by atoms with Crippen LogP contribution in [0.2, 0.25) is 0 Å². The first-order valence-corrected chi connectivity index (χ1v) is 5.81. The maximum Gasteiger partial charge on any atom is 0.0759 e. The van der Waals surface area contributed by atoms with Crippen molar-refractivity contribution in [3.63, 3.8) is 0 Å². The molecule has 0 aromatic carbocycles. The Morgan fingerprint density at radius 3 is 3.00 bits per heavy atom. The van der Waals surface area contributed by atoms with Gasteiger partial charge >= 0.3 is 0 Å². The van der Waals surface area contributed by atoms with Crippen molar-refractivity contribution in [1.82, 2.24) is 4.90 Å². The van der Waals surface area contributed by atoms with E-state index in [1.807, 2.05) is 0 Å². The predicted molar refractivity (Wildman–Crippen MR) is 55.3 cm³/mol. The van der Waals surface area contributed by atoms with Gasteiger partial charge in [-0.3, -0.25) is 4.90 Å². The van der Waals surface area contributed by atoms with Gasteiger partial charge in [0.15, 0.2) is 0 Å². The highest BCUT2D eigenvalue weighted by Gasteiger charge is 2.52. The molecule has 1 saturated heterocycles. The van der Waals surface area contributed by atoms with Crippen LogP contribution in [0.1, 0.15) is 32.6 Å². The van der Waals surface area contributed by atoms with E-state index in [2.05, 4.69) is 11.8 Å². The van der Waals surface area contributed by atoms with Crippen molar-refractivity contribution >= 4 is 0 Å². The Hall–Kier alpha value is -0.120. The molecule has 1 N–H and O–H groups in total. The summed E-state index contributed by atoms with van der Waals surface area (Å²) in [5, 5.41) is 8.87. The van der Waals surface area contributed by atoms with Crippen molar-refractivity contribution in [3.05, 3.63) is 0 Å². The average molecular weight is 199 g/mol. The standard InChI is InChI=1S/C11H21NO2/c1-2-11-5-4-10(11)14-9-7-12(11)6-3-8-13/h10,13H,2-9H2,1H3/t10-,11-/m0/s1. The summed E-state index contributed by atoms with van der Waals surface area (Å²) < 4.78 is 5.78. The maximum absolute atomic E-state index is 8.87. The van der Waals surface area contributed by atoms with Crippen molar-refractivity contribution in [2.75, 3.05) is 26.3 Å². The van der Waals surface area contributed by atoms with Crippen LogP contribution >= 0.6 is 0 Å². The van der Waals surface area contributed by atoms with Gasteiger partial charge in [-0.1, -0.05) is 6.92 Å². The summed E-state index contributed by atoms with van der Waals surface area (Å²) in [6.45, 7) is 5.51. The number of fused-ring (bicyclic) bond motifs is 1. The van der Waals surface area contributed by atoms with E-state index >= 15 is 0 Å². The number of aliphatic hydroxyl groups is 1. The Morgan fingerprint density at radius 1 is 1.57 bits per heavy atom. The SMILES string of the molecule is CC[C@]12CC[C@@H]1OCCN2CCCO. The molecule has 1 heterocycles. The third-order valence-corrected chi connectivity index (χ3v) is 3.95. The molecule has 2 atom stereocenters. The lowest BCUT2D eigenvalue weighted by Crippen LogP contribution is -2.67. The number of ether oxygens (including phenoxy) is 1. The lowest BCUT2D eigenvalue weighted by molar-refractivity contribution is -0.184. The Morgan fingerprint density at radius 2 is 2.43 bits per heavy atom. The highest BCUT2D eigenvalue weighted by molar-refractivity contribution is 5.07. The third kappa shape index (κ3) is 1.47. The van der Waals surface area contributed by atoms with Gasteiger partial charge in [0, 0.05) is 25.2 Å². The van der Waals surface area contributed by atoms with Gasteiger partial charge < -0.3 is 9.84 Å². The molecule has 0 radical (unpaired) electrons. The van der Waals surface area contributed by atoms with Crippen LogP contribution in [0, 0.1) is 0 Å². The van der Waals surface area contributed by atoms with E-state index in [1.165, 1.54) is 19.3 Å². The number of nitrogens with zero attached hydrogens (tertiary/aromatic N) is 1. The van der Waals surface area contributed by atoms with Crippen LogP contribution in [0.25, 0.3) is 0 Å². The third-order valence-electron chi connectivity index (χ3n) is 3.95. The molecule has 3 heteroatoms. The lowest BCUT2D eigenvalue weighted by atomic mass is 9.69. The van der Waals surface area contributed by atoms with Crippen molar-refractivity contribution in [1.29, 1.82) is 0 Å². The zero-order chi connectivity index (χ0) is 10.0. The van der Waals surface area contributed by atoms with Gasteiger partial charge in [-0.2, -0.15) is 0 Å². The smallest absolute Gasteiger partial charge is 0.0759 e. The molecule has 0 bridgehead atoms. The molecule has 0 amide bonds. The van der Waals surface area contributed by atoms with Crippen molar-refractivity contribution in [2.45, 2.75) is 44.2 Å². The Kier molecular flexibility index (Phi) is 3.10. The quantitative estimate of drug-likeness (QED) is 0.733. The second-order valence-electron chi connectivity index (χ2n) is 4.42. The molecule has 2 rings (SSSR count). The lowest BCUT2D eigenvalue weighted by Gasteiger charge is -2.58. The molecule has 0 unspecified atom stereocenters. The molecule has 2 fully saturated rings. The number of hydrogen-bond donors (Lipinski definition) is 1. The molecule has 1 saturated carbocycles. The molecule has 1 aliphatic carbocycles. The van der Waals surface area contributed by atoms with Crippen molar-refractivity contribution in [3.8, 4) is 0 Å². The van der Waals surface area contributed by atoms with Crippen LogP contribution in [-0.4, -0.2) is 48.0 Å². The minimum atomic E-state index is 0.307. The average Bonchev–Trinajstić information content (AvgIpc) is 2.18. The number of rotatable bonds is 4. The summed E-state index contributed by atoms with van der Waals surface area (Å²) in [5.74, 6) is 0. The normalized spacial score (nSPS) is 37.7. The maximum atomic E-state index is 8.87. The monoisotopic (exact) mass is 199 g/mol. The summed E-state index contributed by atoms with van der Waals surface area (Å²) >= 11 is 0. The molecular weight excluding hydrogens is 178 g/mol. The molecule has 0 aromatic heterocycles. The zero-order valence-corrected chi connectivity index (χ0v) is 9.04. The van der Waals surface area contributed by atoms with E-state index < -0.39 is 0 Å². The van der Waals surface area contributed by atoms with E-state index in [0.29, 0.717) is 18.2 Å². The topological polar surface area (TPSA) is 32.7 Å². The Labute approximate surface area is 86.0 Å². The molecule has 2 aliphatic rings. The van der Waals surface area contributed by atoms with Crippen LogP contribution in [0.15, 0.2) is 0 Å². The summed E-state index contributed by atoms with van der Waals surface area (Å²) in [6.07, 6.45) is 5.06. The predicted octanol–water partition coefficient (Wildman–Crippen LogP) is 1.01. The fourth-order valence-electron chi connectivity index (χ4n) is 2.95. The van der Waals surface area contributed by atoms with E-state index in [4.69, 9.17) is 9.84 Å².